The molecule has 108 valence electrons. The average Bonchev–Trinajstić information content (AvgIpc) is 2.79. The molecule has 0 N–H and O–H groups in total. The zero-order valence-corrected chi connectivity index (χ0v) is 10.2. The number of alkyl halides is 6. The van der Waals surface area contributed by atoms with Crippen LogP contribution in [0.2, 0.25) is 0 Å². The zero-order chi connectivity index (χ0) is 15.0. The van der Waals surface area contributed by atoms with Gasteiger partial charge in [-0.1, -0.05) is 11.3 Å². The van der Waals surface area contributed by atoms with Gasteiger partial charge in [0.15, 0.2) is 0 Å². The smallest absolute Gasteiger partial charge is 0.419 e. The van der Waals surface area contributed by atoms with E-state index in [0.29, 0.717) is 18.2 Å². The third-order valence-corrected chi connectivity index (χ3v) is 2.88. The van der Waals surface area contributed by atoms with Crippen LogP contribution in [-0.2, 0) is 12.4 Å². The maximum Gasteiger partial charge on any atom is 0.419 e. The van der Waals surface area contributed by atoms with Gasteiger partial charge in [-0.25, -0.2) is 4.98 Å². The molecule has 0 saturated carbocycles. The normalized spacial score (nSPS) is 12.5. The topological polar surface area (TPSA) is 22.1 Å². The second kappa shape index (κ2) is 4.97. The van der Waals surface area contributed by atoms with Crippen LogP contribution in [0.3, 0.4) is 0 Å². The molecule has 0 radical (unpaired) electrons. The predicted octanol–water partition coefficient (Wildman–Crippen LogP) is 4.97. The highest BCUT2D eigenvalue weighted by Crippen LogP contribution is 2.42. The number of benzene rings is 1. The maximum absolute atomic E-state index is 12.7. The molecule has 0 amide bonds. The number of thiazole rings is 1. The van der Waals surface area contributed by atoms with Crippen molar-refractivity contribution in [1.82, 2.24) is 4.98 Å². The summed E-state index contributed by atoms with van der Waals surface area (Å²) in [7, 11) is 0. The third kappa shape index (κ3) is 3.21. The fourth-order valence-electron chi connectivity index (χ4n) is 1.38. The minimum atomic E-state index is -4.82. The van der Waals surface area contributed by atoms with Crippen molar-refractivity contribution in [3.63, 3.8) is 0 Å². The summed E-state index contributed by atoms with van der Waals surface area (Å²) in [6, 6.07) is 1.03. The summed E-state index contributed by atoms with van der Waals surface area (Å²) in [5.74, 6) is -0.906. The van der Waals surface area contributed by atoms with Crippen molar-refractivity contribution in [3.8, 4) is 10.8 Å². The van der Waals surface area contributed by atoms with Gasteiger partial charge in [-0.3, -0.25) is 0 Å². The van der Waals surface area contributed by atoms with Crippen LogP contribution in [0, 0.1) is 0 Å². The van der Waals surface area contributed by atoms with Crippen molar-refractivity contribution in [2.75, 3.05) is 0 Å². The summed E-state index contributed by atoms with van der Waals surface area (Å²) >= 11 is 0.869. The maximum atomic E-state index is 12.7. The molecule has 0 unspecified atom stereocenters. The molecule has 0 aliphatic carbocycles. The second-order valence-electron chi connectivity index (χ2n) is 3.63. The summed E-state index contributed by atoms with van der Waals surface area (Å²) in [4.78, 5) is 3.57. The average molecular weight is 313 g/mol. The van der Waals surface area contributed by atoms with Gasteiger partial charge in [0.05, 0.1) is 22.8 Å². The summed E-state index contributed by atoms with van der Waals surface area (Å²) in [6.45, 7) is 0. The molecule has 2 rings (SSSR count). The minimum absolute atomic E-state index is 0.0326. The van der Waals surface area contributed by atoms with E-state index < -0.39 is 29.2 Å². The van der Waals surface area contributed by atoms with Crippen molar-refractivity contribution in [3.05, 3.63) is 41.0 Å². The van der Waals surface area contributed by atoms with Crippen LogP contribution in [0.1, 0.15) is 11.1 Å². The molecule has 1 aromatic heterocycles. The van der Waals surface area contributed by atoms with Gasteiger partial charge < -0.3 is 4.74 Å². The van der Waals surface area contributed by atoms with Gasteiger partial charge in [-0.15, -0.1) is 0 Å². The molecule has 2 aromatic rings. The Balaban J connectivity index is 2.48. The van der Waals surface area contributed by atoms with Crippen LogP contribution in [0.5, 0.6) is 10.8 Å². The molecule has 1 heterocycles. The first-order valence-electron chi connectivity index (χ1n) is 5.03. The van der Waals surface area contributed by atoms with Crippen LogP contribution in [0.4, 0.5) is 26.3 Å². The Hall–Kier alpha value is -1.77. The lowest BCUT2D eigenvalue weighted by atomic mass is 10.1. The van der Waals surface area contributed by atoms with Crippen molar-refractivity contribution < 1.29 is 31.1 Å². The van der Waals surface area contributed by atoms with E-state index in [9.17, 15) is 26.3 Å². The van der Waals surface area contributed by atoms with Crippen molar-refractivity contribution in [2.45, 2.75) is 12.4 Å². The first-order chi connectivity index (χ1) is 9.18. The number of nitrogens with zero attached hydrogens (tertiary/aromatic N) is 1. The highest BCUT2D eigenvalue weighted by Gasteiger charge is 2.38. The number of ether oxygens (including phenoxy) is 1. The number of hydrogen-bond donors (Lipinski definition) is 0. The molecular weight excluding hydrogens is 308 g/mol. The van der Waals surface area contributed by atoms with E-state index in [4.69, 9.17) is 4.74 Å². The first kappa shape index (κ1) is 14.6. The molecule has 0 aliphatic rings. The fourth-order valence-corrected chi connectivity index (χ4v) is 1.87. The quantitative estimate of drug-likeness (QED) is 0.730. The molecule has 0 atom stereocenters. The zero-order valence-electron chi connectivity index (χ0n) is 9.42. The lowest BCUT2D eigenvalue weighted by Gasteiger charge is -2.15. The highest BCUT2D eigenvalue weighted by atomic mass is 32.1. The van der Waals surface area contributed by atoms with Gasteiger partial charge in [-0.2, -0.15) is 26.3 Å². The summed E-state index contributed by atoms with van der Waals surface area (Å²) in [6.07, 6.45) is -8.45. The Bertz CT molecular complexity index is 590. The first-order valence-corrected chi connectivity index (χ1v) is 5.90. The predicted molar refractivity (Wildman–Crippen MR) is 58.6 cm³/mol. The lowest BCUT2D eigenvalue weighted by Crippen LogP contribution is -2.10. The van der Waals surface area contributed by atoms with Crippen LogP contribution in [0.15, 0.2) is 29.9 Å². The number of hydrogen-bond acceptors (Lipinski definition) is 3. The third-order valence-electron chi connectivity index (χ3n) is 2.23. The van der Waals surface area contributed by atoms with E-state index in [-0.39, 0.29) is 5.06 Å². The SMILES string of the molecule is FC(F)(F)c1ccc(C(F)(F)F)c(Oc2cncs2)c1. The van der Waals surface area contributed by atoms with Gasteiger partial charge in [0.25, 0.3) is 0 Å². The Morgan fingerprint density at radius 1 is 1.00 bits per heavy atom. The number of halogens is 6. The summed E-state index contributed by atoms with van der Waals surface area (Å²) in [5.41, 5.74) is -1.21. The number of rotatable bonds is 2. The molecule has 0 fully saturated rings. The Morgan fingerprint density at radius 2 is 1.70 bits per heavy atom. The van der Waals surface area contributed by atoms with E-state index in [0.717, 1.165) is 17.5 Å². The van der Waals surface area contributed by atoms with Gasteiger partial charge in [-0.05, 0) is 18.2 Å². The Kier molecular flexibility index (Phi) is 3.63. The highest BCUT2D eigenvalue weighted by molar-refractivity contribution is 7.11. The van der Waals surface area contributed by atoms with Gasteiger partial charge in [0.1, 0.15) is 5.75 Å². The minimum Gasteiger partial charge on any atom is -0.444 e. The molecule has 0 saturated heterocycles. The molecule has 1 aromatic carbocycles. The van der Waals surface area contributed by atoms with Crippen molar-refractivity contribution in [1.29, 1.82) is 0 Å². The number of aromatic nitrogens is 1. The van der Waals surface area contributed by atoms with Crippen LogP contribution < -0.4 is 4.74 Å². The van der Waals surface area contributed by atoms with Gasteiger partial charge in [0.2, 0.25) is 5.06 Å². The monoisotopic (exact) mass is 313 g/mol. The molecule has 0 spiro atoms. The second-order valence-corrected chi connectivity index (χ2v) is 4.48. The molecule has 0 aliphatic heterocycles. The van der Waals surface area contributed by atoms with E-state index in [1.54, 1.807) is 0 Å². The van der Waals surface area contributed by atoms with E-state index in [2.05, 4.69) is 4.98 Å². The van der Waals surface area contributed by atoms with Crippen molar-refractivity contribution in [2.24, 2.45) is 0 Å². The fraction of sp³-hybridized carbons (Fsp3) is 0.182. The van der Waals surface area contributed by atoms with E-state index >= 15 is 0 Å². The van der Waals surface area contributed by atoms with Gasteiger partial charge >= 0.3 is 12.4 Å². The molecule has 20 heavy (non-hydrogen) atoms. The largest absolute Gasteiger partial charge is 0.444 e. The molecule has 2 nitrogen and oxygen atoms in total. The summed E-state index contributed by atoms with van der Waals surface area (Å²) < 4.78 is 80.6. The van der Waals surface area contributed by atoms with E-state index in [1.165, 1.54) is 5.51 Å². The lowest BCUT2D eigenvalue weighted by molar-refractivity contribution is -0.142. The van der Waals surface area contributed by atoms with Crippen molar-refractivity contribution >= 4 is 11.3 Å². The molecule has 9 heteroatoms. The standard InChI is InChI=1S/C11H5F6NOS/c12-10(13,14)6-1-2-7(11(15,16)17)8(3-6)19-9-4-18-5-20-9/h1-5H. The Morgan fingerprint density at radius 3 is 2.20 bits per heavy atom. The summed E-state index contributed by atoms with van der Waals surface area (Å²) in [5, 5.41) is -0.0326. The van der Waals surface area contributed by atoms with E-state index in [1.807, 2.05) is 0 Å². The molecular formula is C11H5F6NOS. The van der Waals surface area contributed by atoms with Crippen LogP contribution in [-0.4, -0.2) is 4.98 Å². The van der Waals surface area contributed by atoms with Gasteiger partial charge in [0, 0.05) is 0 Å². The van der Waals surface area contributed by atoms with Crippen LogP contribution >= 0.6 is 11.3 Å². The Labute approximate surface area is 112 Å². The molecule has 0 bridgehead atoms. The van der Waals surface area contributed by atoms with Crippen LogP contribution in [0.25, 0.3) is 0 Å².